The third-order valence-corrected chi connectivity index (χ3v) is 4.45. The highest BCUT2D eigenvalue weighted by atomic mass is 35.5. The molecule has 1 amide bonds. The second kappa shape index (κ2) is 8.10. The molecule has 1 aliphatic rings. The molecule has 26 heavy (non-hydrogen) atoms. The summed E-state index contributed by atoms with van der Waals surface area (Å²) >= 11 is 6.10. The number of methoxy groups -OCH3 is 1. The van der Waals surface area contributed by atoms with Crippen molar-refractivity contribution in [3.63, 3.8) is 0 Å². The van der Waals surface area contributed by atoms with Gasteiger partial charge in [-0.1, -0.05) is 23.7 Å². The van der Waals surface area contributed by atoms with Crippen LogP contribution < -0.4 is 20.7 Å². The van der Waals surface area contributed by atoms with Crippen molar-refractivity contribution in [2.45, 2.75) is 19.4 Å². The molecule has 136 valence electrons. The number of aliphatic imine (C=N–C) groups is 1. The lowest BCUT2D eigenvalue weighted by Gasteiger charge is -2.16. The molecule has 7 heteroatoms. The van der Waals surface area contributed by atoms with Gasteiger partial charge >= 0.3 is 0 Å². The number of nitrogens with one attached hydrogen (secondary N) is 1. The molecular weight excluding hydrogens is 352 g/mol. The fourth-order valence-electron chi connectivity index (χ4n) is 2.85. The van der Waals surface area contributed by atoms with Crippen LogP contribution >= 0.6 is 11.6 Å². The molecule has 0 saturated carbocycles. The van der Waals surface area contributed by atoms with E-state index < -0.39 is 0 Å². The molecule has 1 saturated heterocycles. The molecule has 2 aromatic carbocycles. The Balaban J connectivity index is 1.65. The first-order chi connectivity index (χ1) is 12.6. The van der Waals surface area contributed by atoms with E-state index in [1.54, 1.807) is 19.2 Å². The molecule has 3 rings (SSSR count). The molecule has 3 N–H and O–H groups in total. The summed E-state index contributed by atoms with van der Waals surface area (Å²) in [5.41, 5.74) is 8.58. The Morgan fingerprint density at radius 2 is 2.19 bits per heavy atom. The van der Waals surface area contributed by atoms with Crippen LogP contribution in [0.3, 0.4) is 0 Å². The minimum Gasteiger partial charge on any atom is -0.495 e. The fraction of sp³-hybridized carbons (Fsp3) is 0.263. The summed E-state index contributed by atoms with van der Waals surface area (Å²) in [5.74, 6) is 1.05. The number of nitrogens with zero attached hydrogens (tertiary/aromatic N) is 2. The summed E-state index contributed by atoms with van der Waals surface area (Å²) in [5, 5.41) is 3.50. The van der Waals surface area contributed by atoms with E-state index in [9.17, 15) is 4.79 Å². The number of nitrogens with two attached hydrogens (primary N) is 1. The van der Waals surface area contributed by atoms with Crippen LogP contribution in [0.4, 0.5) is 11.4 Å². The predicted octanol–water partition coefficient (Wildman–Crippen LogP) is 3.40. The van der Waals surface area contributed by atoms with Crippen LogP contribution in [-0.4, -0.2) is 25.5 Å². The number of anilines is 2. The summed E-state index contributed by atoms with van der Waals surface area (Å²) in [6.45, 7) is 1.19. The van der Waals surface area contributed by atoms with E-state index in [0.29, 0.717) is 23.7 Å². The summed E-state index contributed by atoms with van der Waals surface area (Å²) in [7, 11) is 1.56. The van der Waals surface area contributed by atoms with E-state index in [0.717, 1.165) is 29.9 Å². The zero-order valence-corrected chi connectivity index (χ0v) is 15.3. The zero-order valence-electron chi connectivity index (χ0n) is 14.5. The summed E-state index contributed by atoms with van der Waals surface area (Å²) in [6, 6.07) is 13.1. The van der Waals surface area contributed by atoms with Crippen LogP contribution in [0, 0.1) is 0 Å². The second-order valence-corrected chi connectivity index (χ2v) is 6.40. The topological polar surface area (TPSA) is 80.0 Å². The molecule has 1 heterocycles. The molecule has 0 aromatic heterocycles. The molecule has 0 spiro atoms. The Morgan fingerprint density at radius 3 is 2.88 bits per heavy atom. The average molecular weight is 373 g/mol. The third kappa shape index (κ3) is 4.26. The largest absolute Gasteiger partial charge is 0.495 e. The van der Waals surface area contributed by atoms with Crippen LogP contribution in [0.25, 0.3) is 0 Å². The number of halogens is 1. The molecule has 0 bridgehead atoms. The highest BCUT2D eigenvalue weighted by Gasteiger charge is 2.21. The monoisotopic (exact) mass is 372 g/mol. The van der Waals surface area contributed by atoms with Crippen molar-refractivity contribution in [3.05, 3.63) is 53.1 Å². The van der Waals surface area contributed by atoms with Gasteiger partial charge in [0.25, 0.3) is 0 Å². The van der Waals surface area contributed by atoms with E-state index in [-0.39, 0.29) is 11.9 Å². The number of ether oxygens (including phenoxy) is 1. The van der Waals surface area contributed by atoms with Gasteiger partial charge < -0.3 is 20.7 Å². The van der Waals surface area contributed by atoms with Crippen molar-refractivity contribution in [3.8, 4) is 5.75 Å². The minimum absolute atomic E-state index is 0.170. The molecule has 0 atom stereocenters. The van der Waals surface area contributed by atoms with E-state index in [1.807, 2.05) is 35.2 Å². The van der Waals surface area contributed by atoms with Gasteiger partial charge in [-0.25, -0.2) is 4.99 Å². The number of rotatable bonds is 5. The predicted molar refractivity (Wildman–Crippen MR) is 105 cm³/mol. The molecule has 6 nitrogen and oxygen atoms in total. The lowest BCUT2D eigenvalue weighted by Crippen LogP contribution is -2.24. The molecule has 0 unspecified atom stereocenters. The van der Waals surface area contributed by atoms with Gasteiger partial charge in [0.05, 0.1) is 18.7 Å². The van der Waals surface area contributed by atoms with Crippen LogP contribution in [-0.2, 0) is 11.3 Å². The van der Waals surface area contributed by atoms with Crippen LogP contribution in [0.15, 0.2) is 47.5 Å². The first-order valence-electron chi connectivity index (χ1n) is 8.36. The third-order valence-electron chi connectivity index (χ3n) is 4.15. The van der Waals surface area contributed by atoms with Gasteiger partial charge in [-0.15, -0.1) is 0 Å². The van der Waals surface area contributed by atoms with Crippen molar-refractivity contribution >= 4 is 34.8 Å². The zero-order chi connectivity index (χ0) is 18.5. The van der Waals surface area contributed by atoms with Gasteiger partial charge in [-0.3, -0.25) is 4.79 Å². The van der Waals surface area contributed by atoms with Crippen LogP contribution in [0.1, 0.15) is 18.4 Å². The SMILES string of the molecule is COc1ccc(NC(N)=NCc2cccc(N3CCCC3=O)c2)cc1Cl. The maximum atomic E-state index is 11.9. The van der Waals surface area contributed by atoms with Crippen molar-refractivity contribution in [1.82, 2.24) is 0 Å². The minimum atomic E-state index is 0.170. The smallest absolute Gasteiger partial charge is 0.227 e. The standard InChI is InChI=1S/C19H21ClN4O2/c1-26-17-8-7-14(11-16(17)20)23-19(21)22-12-13-4-2-5-15(10-13)24-9-3-6-18(24)25/h2,4-5,7-8,10-11H,3,6,9,12H2,1H3,(H3,21,22,23). The van der Waals surface area contributed by atoms with Gasteiger partial charge in [0.1, 0.15) is 5.75 Å². The molecule has 1 fully saturated rings. The highest BCUT2D eigenvalue weighted by Crippen LogP contribution is 2.27. The fourth-order valence-corrected chi connectivity index (χ4v) is 3.11. The van der Waals surface area contributed by atoms with Gasteiger partial charge in [-0.05, 0) is 42.3 Å². The first kappa shape index (κ1) is 18.1. The summed E-state index contributed by atoms with van der Waals surface area (Å²) in [4.78, 5) is 18.0. The van der Waals surface area contributed by atoms with Crippen molar-refractivity contribution in [1.29, 1.82) is 0 Å². The lowest BCUT2D eigenvalue weighted by atomic mass is 10.2. The maximum absolute atomic E-state index is 11.9. The van der Waals surface area contributed by atoms with E-state index >= 15 is 0 Å². The van der Waals surface area contributed by atoms with Crippen molar-refractivity contribution in [2.75, 3.05) is 23.9 Å². The second-order valence-electron chi connectivity index (χ2n) is 5.99. The Kier molecular flexibility index (Phi) is 5.63. The molecule has 2 aromatic rings. The number of amides is 1. The van der Waals surface area contributed by atoms with Gasteiger partial charge in [-0.2, -0.15) is 0 Å². The first-order valence-corrected chi connectivity index (χ1v) is 8.74. The number of benzene rings is 2. The van der Waals surface area contributed by atoms with Gasteiger partial charge in [0.15, 0.2) is 5.96 Å². The Bertz CT molecular complexity index is 838. The van der Waals surface area contributed by atoms with Gasteiger partial charge in [0, 0.05) is 24.3 Å². The normalized spacial score (nSPS) is 14.6. The lowest BCUT2D eigenvalue weighted by molar-refractivity contribution is -0.117. The van der Waals surface area contributed by atoms with E-state index in [2.05, 4.69) is 10.3 Å². The quantitative estimate of drug-likeness (QED) is 0.622. The van der Waals surface area contributed by atoms with E-state index in [4.69, 9.17) is 22.1 Å². The van der Waals surface area contributed by atoms with Crippen molar-refractivity contribution < 1.29 is 9.53 Å². The Hall–Kier alpha value is -2.73. The van der Waals surface area contributed by atoms with E-state index in [1.165, 1.54) is 0 Å². The number of carbonyl (C=O) groups is 1. The van der Waals surface area contributed by atoms with Gasteiger partial charge in [0.2, 0.25) is 5.91 Å². The molecule has 0 radical (unpaired) electrons. The maximum Gasteiger partial charge on any atom is 0.227 e. The average Bonchev–Trinajstić information content (AvgIpc) is 3.06. The van der Waals surface area contributed by atoms with Crippen molar-refractivity contribution in [2.24, 2.45) is 10.7 Å². The number of hydrogen-bond donors (Lipinski definition) is 2. The number of carbonyl (C=O) groups excluding carboxylic acids is 1. The summed E-state index contributed by atoms with van der Waals surface area (Å²) < 4.78 is 5.12. The Labute approximate surface area is 157 Å². The van der Waals surface area contributed by atoms with Crippen LogP contribution in [0.2, 0.25) is 5.02 Å². The summed E-state index contributed by atoms with van der Waals surface area (Å²) in [6.07, 6.45) is 1.52. The number of hydrogen-bond acceptors (Lipinski definition) is 3. The highest BCUT2D eigenvalue weighted by molar-refractivity contribution is 6.32. The molecular formula is C19H21ClN4O2. The Morgan fingerprint density at radius 1 is 1.35 bits per heavy atom. The molecule has 0 aliphatic carbocycles. The number of guanidine groups is 1. The van der Waals surface area contributed by atoms with Crippen LogP contribution in [0.5, 0.6) is 5.75 Å². The molecule has 1 aliphatic heterocycles.